The maximum atomic E-state index is 12.0. The van der Waals surface area contributed by atoms with Crippen molar-refractivity contribution < 1.29 is 24.2 Å². The van der Waals surface area contributed by atoms with Crippen LogP contribution in [0.5, 0.6) is 11.5 Å². The highest BCUT2D eigenvalue weighted by atomic mass is 16.5. The number of amides is 1. The fourth-order valence-corrected chi connectivity index (χ4v) is 2.40. The highest BCUT2D eigenvalue weighted by Crippen LogP contribution is 2.37. The Kier molecular flexibility index (Phi) is 6.36. The SMILES string of the molecule is COc1cc(Cc2cnc(N)nc2N)cc(OC)c1NC(=O)CCC(=O)O. The normalized spacial score (nSPS) is 10.3. The van der Waals surface area contributed by atoms with Crippen LogP contribution in [0.25, 0.3) is 0 Å². The number of aliphatic carboxylic acids is 1. The molecular formula is C17H21N5O5. The fourth-order valence-electron chi connectivity index (χ4n) is 2.40. The van der Waals surface area contributed by atoms with Crippen LogP contribution in [-0.4, -0.2) is 41.2 Å². The number of nitrogens with one attached hydrogen (secondary N) is 1. The number of carboxylic acid groups (broad SMARTS) is 1. The van der Waals surface area contributed by atoms with Gasteiger partial charge in [0.05, 0.1) is 20.6 Å². The van der Waals surface area contributed by atoms with E-state index in [4.69, 9.17) is 26.0 Å². The lowest BCUT2D eigenvalue weighted by atomic mass is 10.0. The molecule has 0 spiro atoms. The van der Waals surface area contributed by atoms with Gasteiger partial charge in [0.1, 0.15) is 23.0 Å². The summed E-state index contributed by atoms with van der Waals surface area (Å²) in [4.78, 5) is 30.4. The van der Waals surface area contributed by atoms with Gasteiger partial charge in [-0.15, -0.1) is 0 Å². The molecule has 0 atom stereocenters. The van der Waals surface area contributed by atoms with E-state index in [0.717, 1.165) is 5.56 Å². The van der Waals surface area contributed by atoms with Crippen LogP contribution in [0.1, 0.15) is 24.0 Å². The molecule has 0 saturated carbocycles. The number of nitrogens with zero attached hydrogens (tertiary/aromatic N) is 2. The predicted molar refractivity (Wildman–Crippen MR) is 98.7 cm³/mol. The minimum absolute atomic E-state index is 0.0887. The zero-order chi connectivity index (χ0) is 20.0. The van der Waals surface area contributed by atoms with Gasteiger partial charge in [-0.05, 0) is 17.7 Å². The van der Waals surface area contributed by atoms with Crippen LogP contribution < -0.4 is 26.3 Å². The van der Waals surface area contributed by atoms with Crippen molar-refractivity contribution in [2.24, 2.45) is 0 Å². The van der Waals surface area contributed by atoms with E-state index >= 15 is 0 Å². The Hall–Kier alpha value is -3.56. The molecule has 1 heterocycles. The molecule has 6 N–H and O–H groups in total. The van der Waals surface area contributed by atoms with Crippen LogP contribution in [0.2, 0.25) is 0 Å². The van der Waals surface area contributed by atoms with Crippen LogP contribution in [0.15, 0.2) is 18.3 Å². The maximum Gasteiger partial charge on any atom is 0.303 e. The van der Waals surface area contributed by atoms with Gasteiger partial charge >= 0.3 is 5.97 Å². The molecule has 10 heteroatoms. The monoisotopic (exact) mass is 375 g/mol. The van der Waals surface area contributed by atoms with Crippen molar-refractivity contribution in [2.75, 3.05) is 31.0 Å². The summed E-state index contributed by atoms with van der Waals surface area (Å²) in [5.74, 6) is -0.427. The average molecular weight is 375 g/mol. The molecule has 0 bridgehead atoms. The van der Waals surface area contributed by atoms with Crippen molar-refractivity contribution in [1.29, 1.82) is 0 Å². The number of methoxy groups -OCH3 is 2. The molecular weight excluding hydrogens is 354 g/mol. The molecule has 0 aliphatic heterocycles. The number of nitrogens with two attached hydrogens (primary N) is 2. The topological polar surface area (TPSA) is 163 Å². The molecule has 27 heavy (non-hydrogen) atoms. The number of benzene rings is 1. The van der Waals surface area contributed by atoms with E-state index in [0.29, 0.717) is 29.2 Å². The second kappa shape index (κ2) is 8.70. The second-order valence-electron chi connectivity index (χ2n) is 5.63. The van der Waals surface area contributed by atoms with Crippen molar-refractivity contribution in [3.8, 4) is 11.5 Å². The number of carboxylic acids is 1. The Morgan fingerprint density at radius 2 is 1.78 bits per heavy atom. The Balaban J connectivity index is 2.29. The van der Waals surface area contributed by atoms with E-state index in [-0.39, 0.29) is 24.6 Å². The molecule has 10 nitrogen and oxygen atoms in total. The molecule has 2 rings (SSSR count). The highest BCUT2D eigenvalue weighted by Gasteiger charge is 2.17. The van der Waals surface area contributed by atoms with Gasteiger partial charge in [0, 0.05) is 24.6 Å². The number of hydrogen-bond donors (Lipinski definition) is 4. The van der Waals surface area contributed by atoms with Crippen molar-refractivity contribution in [2.45, 2.75) is 19.3 Å². The Morgan fingerprint density at radius 3 is 2.30 bits per heavy atom. The zero-order valence-corrected chi connectivity index (χ0v) is 15.0. The summed E-state index contributed by atoms with van der Waals surface area (Å²) >= 11 is 0. The van der Waals surface area contributed by atoms with Gasteiger partial charge in [0.15, 0.2) is 0 Å². The molecule has 0 saturated heterocycles. The molecule has 1 aromatic heterocycles. The third kappa shape index (κ3) is 5.21. The smallest absolute Gasteiger partial charge is 0.303 e. The number of aromatic nitrogens is 2. The Morgan fingerprint density at radius 1 is 1.15 bits per heavy atom. The van der Waals surface area contributed by atoms with Crippen LogP contribution in [-0.2, 0) is 16.0 Å². The van der Waals surface area contributed by atoms with Crippen molar-refractivity contribution in [3.63, 3.8) is 0 Å². The molecule has 1 amide bonds. The fraction of sp³-hybridized carbons (Fsp3) is 0.294. The summed E-state index contributed by atoms with van der Waals surface area (Å²) in [6, 6.07) is 3.43. The van der Waals surface area contributed by atoms with Gasteiger partial charge in [0.25, 0.3) is 0 Å². The van der Waals surface area contributed by atoms with E-state index in [9.17, 15) is 9.59 Å². The minimum Gasteiger partial charge on any atom is -0.494 e. The summed E-state index contributed by atoms with van der Waals surface area (Å²) in [5.41, 5.74) is 13.1. The van der Waals surface area contributed by atoms with E-state index < -0.39 is 11.9 Å². The van der Waals surface area contributed by atoms with Gasteiger partial charge in [-0.2, -0.15) is 4.98 Å². The molecule has 0 unspecified atom stereocenters. The molecule has 0 fully saturated rings. The van der Waals surface area contributed by atoms with Crippen molar-refractivity contribution in [1.82, 2.24) is 9.97 Å². The molecule has 1 aromatic carbocycles. The van der Waals surface area contributed by atoms with Crippen LogP contribution in [0.3, 0.4) is 0 Å². The summed E-state index contributed by atoms with van der Waals surface area (Å²) in [5, 5.41) is 11.3. The summed E-state index contributed by atoms with van der Waals surface area (Å²) in [6.45, 7) is 0. The number of carbonyl (C=O) groups excluding carboxylic acids is 1. The van der Waals surface area contributed by atoms with Gasteiger partial charge in [-0.25, -0.2) is 4.98 Å². The number of nitrogen functional groups attached to an aromatic ring is 2. The van der Waals surface area contributed by atoms with Gasteiger partial charge < -0.3 is 31.4 Å². The number of carbonyl (C=O) groups is 2. The van der Waals surface area contributed by atoms with Gasteiger partial charge in [-0.1, -0.05) is 0 Å². The van der Waals surface area contributed by atoms with Gasteiger partial charge in [0.2, 0.25) is 11.9 Å². The van der Waals surface area contributed by atoms with E-state index in [1.54, 1.807) is 12.1 Å². The number of hydrogen-bond acceptors (Lipinski definition) is 8. The number of anilines is 3. The lowest BCUT2D eigenvalue weighted by molar-refractivity contribution is -0.138. The first kappa shape index (κ1) is 19.8. The molecule has 2 aromatic rings. The highest BCUT2D eigenvalue weighted by molar-refractivity contribution is 5.95. The molecule has 144 valence electrons. The third-order valence-electron chi connectivity index (χ3n) is 3.71. The van der Waals surface area contributed by atoms with Crippen LogP contribution >= 0.6 is 0 Å². The van der Waals surface area contributed by atoms with E-state index in [2.05, 4.69) is 15.3 Å². The minimum atomic E-state index is -1.05. The Bertz CT molecular complexity index is 831. The Labute approximate surface area is 155 Å². The summed E-state index contributed by atoms with van der Waals surface area (Å²) < 4.78 is 10.7. The predicted octanol–water partition coefficient (Wildman–Crippen LogP) is 1.05. The first-order chi connectivity index (χ1) is 12.8. The van der Waals surface area contributed by atoms with Crippen molar-refractivity contribution >= 4 is 29.3 Å². The van der Waals surface area contributed by atoms with E-state index in [1.807, 2.05) is 0 Å². The second-order valence-corrected chi connectivity index (χ2v) is 5.63. The molecule has 0 aliphatic rings. The molecule has 0 radical (unpaired) electrons. The quantitative estimate of drug-likeness (QED) is 0.528. The number of rotatable bonds is 8. The average Bonchev–Trinajstić information content (AvgIpc) is 2.63. The maximum absolute atomic E-state index is 12.0. The van der Waals surface area contributed by atoms with Gasteiger partial charge in [-0.3, -0.25) is 9.59 Å². The number of ether oxygens (including phenoxy) is 2. The first-order valence-electron chi connectivity index (χ1n) is 7.97. The van der Waals surface area contributed by atoms with Crippen molar-refractivity contribution in [3.05, 3.63) is 29.5 Å². The molecule has 0 aliphatic carbocycles. The summed E-state index contributed by atoms with van der Waals surface area (Å²) in [7, 11) is 2.90. The lowest BCUT2D eigenvalue weighted by Crippen LogP contribution is -2.15. The van der Waals surface area contributed by atoms with Crippen LogP contribution in [0.4, 0.5) is 17.5 Å². The van der Waals surface area contributed by atoms with Crippen LogP contribution in [0, 0.1) is 0 Å². The lowest BCUT2D eigenvalue weighted by Gasteiger charge is -2.16. The third-order valence-corrected chi connectivity index (χ3v) is 3.71. The summed E-state index contributed by atoms with van der Waals surface area (Å²) in [6.07, 6.45) is 1.50. The standard InChI is InChI=1S/C17H21N5O5/c1-26-11-6-9(5-10-8-20-17(19)22-16(10)18)7-12(27-2)15(11)21-13(23)3-4-14(24)25/h6-8H,3-5H2,1-2H3,(H,21,23)(H,24,25)(H4,18,19,20,22). The first-order valence-corrected chi connectivity index (χ1v) is 7.97. The zero-order valence-electron chi connectivity index (χ0n) is 15.0. The largest absolute Gasteiger partial charge is 0.494 e. The van der Waals surface area contributed by atoms with E-state index in [1.165, 1.54) is 20.4 Å².